The second kappa shape index (κ2) is 9.13. The van der Waals surface area contributed by atoms with Gasteiger partial charge in [0.1, 0.15) is 10.8 Å². The van der Waals surface area contributed by atoms with E-state index in [1.165, 1.54) is 11.3 Å². The van der Waals surface area contributed by atoms with Gasteiger partial charge in [0.15, 0.2) is 9.84 Å². The standard InChI is InChI=1S/C24H21N3O5S2/c28-23-19(21-14-33-22(25-21)15-34(30,31)18-4-2-1-3-5-18)12-16-6-7-17(13-20(16)26-23)24(29)27-8-10-32-11-9-27/h1-7,12-14H,8-11,15H2,(H,26,28). The van der Waals surface area contributed by atoms with Gasteiger partial charge in [-0.15, -0.1) is 11.3 Å². The van der Waals surface area contributed by atoms with Gasteiger partial charge in [-0.05, 0) is 35.7 Å². The van der Waals surface area contributed by atoms with Crippen LogP contribution in [-0.2, 0) is 20.3 Å². The number of aromatic amines is 1. The number of nitrogens with zero attached hydrogens (tertiary/aromatic N) is 2. The van der Waals surface area contributed by atoms with E-state index < -0.39 is 9.84 Å². The minimum absolute atomic E-state index is 0.0982. The Balaban J connectivity index is 1.41. The maximum Gasteiger partial charge on any atom is 0.257 e. The van der Waals surface area contributed by atoms with Crippen molar-refractivity contribution in [3.8, 4) is 11.3 Å². The summed E-state index contributed by atoms with van der Waals surface area (Å²) in [4.78, 5) is 34.8. The van der Waals surface area contributed by atoms with E-state index in [0.29, 0.717) is 53.6 Å². The first-order chi connectivity index (χ1) is 16.4. The molecule has 0 bridgehead atoms. The Morgan fingerprint density at radius 1 is 1.09 bits per heavy atom. The fraction of sp³-hybridized carbons (Fsp3) is 0.208. The average molecular weight is 496 g/mol. The molecule has 1 aliphatic heterocycles. The molecule has 1 saturated heterocycles. The SMILES string of the molecule is O=C(c1ccc2cc(-c3csc(CS(=O)(=O)c4ccccc4)n3)c(=O)[nH]c2c1)N1CCOCC1. The summed E-state index contributed by atoms with van der Waals surface area (Å²) in [6.45, 7) is 2.11. The number of hydrogen-bond acceptors (Lipinski definition) is 7. The molecule has 0 aliphatic carbocycles. The van der Waals surface area contributed by atoms with Crippen molar-refractivity contribution in [1.29, 1.82) is 0 Å². The summed E-state index contributed by atoms with van der Waals surface area (Å²) >= 11 is 1.20. The molecule has 1 amide bonds. The molecule has 0 atom stereocenters. The van der Waals surface area contributed by atoms with Crippen LogP contribution in [0.3, 0.4) is 0 Å². The van der Waals surface area contributed by atoms with E-state index in [9.17, 15) is 18.0 Å². The highest BCUT2D eigenvalue weighted by atomic mass is 32.2. The minimum atomic E-state index is -3.53. The number of aromatic nitrogens is 2. The van der Waals surface area contributed by atoms with Crippen molar-refractivity contribution in [2.24, 2.45) is 0 Å². The minimum Gasteiger partial charge on any atom is -0.378 e. The lowest BCUT2D eigenvalue weighted by molar-refractivity contribution is 0.0303. The number of carbonyl (C=O) groups is 1. The van der Waals surface area contributed by atoms with E-state index in [1.807, 2.05) is 0 Å². The first kappa shape index (κ1) is 22.5. The highest BCUT2D eigenvalue weighted by Crippen LogP contribution is 2.25. The van der Waals surface area contributed by atoms with Gasteiger partial charge < -0.3 is 14.6 Å². The zero-order chi connectivity index (χ0) is 23.7. The highest BCUT2D eigenvalue weighted by Gasteiger charge is 2.20. The molecule has 34 heavy (non-hydrogen) atoms. The van der Waals surface area contributed by atoms with Gasteiger partial charge in [-0.2, -0.15) is 0 Å². The number of fused-ring (bicyclic) bond motifs is 1. The molecule has 0 spiro atoms. The van der Waals surface area contributed by atoms with Gasteiger partial charge in [0.05, 0.1) is 29.4 Å². The van der Waals surface area contributed by atoms with Crippen LogP contribution in [0.2, 0.25) is 0 Å². The smallest absolute Gasteiger partial charge is 0.257 e. The number of sulfone groups is 1. The summed E-state index contributed by atoms with van der Waals surface area (Å²) < 4.78 is 30.6. The number of nitrogens with one attached hydrogen (secondary N) is 1. The Morgan fingerprint density at radius 3 is 2.62 bits per heavy atom. The number of thiazole rings is 1. The van der Waals surface area contributed by atoms with Crippen molar-refractivity contribution >= 4 is 38.0 Å². The quantitative estimate of drug-likeness (QED) is 0.456. The summed E-state index contributed by atoms with van der Waals surface area (Å²) in [5, 5.41) is 2.84. The monoisotopic (exact) mass is 495 g/mol. The summed E-state index contributed by atoms with van der Waals surface area (Å²) in [6.07, 6.45) is 0. The van der Waals surface area contributed by atoms with Crippen molar-refractivity contribution in [1.82, 2.24) is 14.9 Å². The van der Waals surface area contributed by atoms with Crippen LogP contribution in [-0.4, -0.2) is 55.5 Å². The number of ether oxygens (including phenoxy) is 1. The molecule has 3 heterocycles. The Kier molecular flexibility index (Phi) is 6.03. The number of H-pyrrole nitrogens is 1. The van der Waals surface area contributed by atoms with Crippen molar-refractivity contribution in [2.75, 3.05) is 26.3 Å². The van der Waals surface area contributed by atoms with Crippen LogP contribution in [0.1, 0.15) is 15.4 Å². The largest absolute Gasteiger partial charge is 0.378 e. The normalized spacial score (nSPS) is 14.4. The molecule has 0 unspecified atom stereocenters. The summed E-state index contributed by atoms with van der Waals surface area (Å²) in [6, 6.07) is 15.1. The lowest BCUT2D eigenvalue weighted by Gasteiger charge is -2.26. The van der Waals surface area contributed by atoms with Crippen LogP contribution >= 0.6 is 11.3 Å². The number of benzene rings is 2. The fourth-order valence-corrected chi connectivity index (χ4v) is 6.29. The van der Waals surface area contributed by atoms with Crippen molar-refractivity contribution in [2.45, 2.75) is 10.6 Å². The van der Waals surface area contributed by atoms with E-state index in [1.54, 1.807) is 64.9 Å². The van der Waals surface area contributed by atoms with Gasteiger partial charge in [-0.3, -0.25) is 9.59 Å². The topological polar surface area (TPSA) is 109 Å². The predicted molar refractivity (Wildman–Crippen MR) is 130 cm³/mol. The number of amides is 1. The first-order valence-electron chi connectivity index (χ1n) is 10.7. The lowest BCUT2D eigenvalue weighted by Crippen LogP contribution is -2.40. The molecule has 1 aliphatic rings. The van der Waals surface area contributed by atoms with Gasteiger partial charge in [0.2, 0.25) is 0 Å². The van der Waals surface area contributed by atoms with Gasteiger partial charge >= 0.3 is 0 Å². The number of carbonyl (C=O) groups excluding carboxylic acids is 1. The lowest BCUT2D eigenvalue weighted by atomic mass is 10.1. The molecule has 174 valence electrons. The molecule has 5 rings (SSSR count). The van der Waals surface area contributed by atoms with Crippen LogP contribution in [0.5, 0.6) is 0 Å². The van der Waals surface area contributed by atoms with Gasteiger partial charge in [-0.1, -0.05) is 24.3 Å². The maximum absolute atomic E-state index is 12.8. The van der Waals surface area contributed by atoms with E-state index in [2.05, 4.69) is 9.97 Å². The fourth-order valence-electron chi connectivity index (χ4n) is 3.85. The molecule has 10 heteroatoms. The Hall–Kier alpha value is -3.34. The summed E-state index contributed by atoms with van der Waals surface area (Å²) in [7, 11) is -3.53. The third-order valence-corrected chi connectivity index (χ3v) is 8.31. The Bertz CT molecular complexity index is 1520. The van der Waals surface area contributed by atoms with Crippen molar-refractivity contribution in [3.63, 3.8) is 0 Å². The van der Waals surface area contributed by atoms with E-state index >= 15 is 0 Å². The van der Waals surface area contributed by atoms with Crippen LogP contribution in [0.25, 0.3) is 22.2 Å². The third-order valence-electron chi connectivity index (χ3n) is 5.63. The van der Waals surface area contributed by atoms with Crippen molar-refractivity contribution in [3.05, 3.63) is 80.9 Å². The second-order valence-corrected chi connectivity index (χ2v) is 10.8. The molecule has 1 N–H and O–H groups in total. The number of hydrogen-bond donors (Lipinski definition) is 1. The van der Waals surface area contributed by atoms with E-state index in [-0.39, 0.29) is 22.1 Å². The molecule has 0 saturated carbocycles. The predicted octanol–water partition coefficient (Wildman–Crippen LogP) is 3.10. The van der Waals surface area contributed by atoms with Gasteiger partial charge in [0, 0.05) is 29.5 Å². The Morgan fingerprint density at radius 2 is 1.85 bits per heavy atom. The molecule has 2 aromatic carbocycles. The molecule has 2 aromatic heterocycles. The molecular weight excluding hydrogens is 474 g/mol. The molecular formula is C24H21N3O5S2. The molecule has 4 aromatic rings. The summed E-state index contributed by atoms with van der Waals surface area (Å²) in [5.41, 5.74) is 1.46. The Labute approximate surface area is 199 Å². The van der Waals surface area contributed by atoms with Crippen molar-refractivity contribution < 1.29 is 17.9 Å². The molecule has 1 fully saturated rings. The van der Waals surface area contributed by atoms with Crippen LogP contribution in [0.15, 0.2) is 69.7 Å². The van der Waals surface area contributed by atoms with Crippen LogP contribution < -0.4 is 5.56 Å². The molecule has 8 nitrogen and oxygen atoms in total. The van der Waals surface area contributed by atoms with Crippen LogP contribution in [0.4, 0.5) is 0 Å². The first-order valence-corrected chi connectivity index (χ1v) is 13.2. The number of rotatable bonds is 5. The van der Waals surface area contributed by atoms with E-state index in [0.717, 1.165) is 5.39 Å². The van der Waals surface area contributed by atoms with Gasteiger partial charge in [-0.25, -0.2) is 13.4 Å². The maximum atomic E-state index is 12.8. The highest BCUT2D eigenvalue weighted by molar-refractivity contribution is 7.90. The van der Waals surface area contributed by atoms with E-state index in [4.69, 9.17) is 4.74 Å². The molecule has 0 radical (unpaired) electrons. The summed E-state index contributed by atoms with van der Waals surface area (Å²) in [5.74, 6) is -0.334. The average Bonchev–Trinajstić information content (AvgIpc) is 3.31. The third kappa shape index (κ3) is 4.52. The zero-order valence-corrected chi connectivity index (χ0v) is 19.7. The number of pyridine rings is 1. The second-order valence-electron chi connectivity index (χ2n) is 7.92. The number of morpholine rings is 1. The van der Waals surface area contributed by atoms with Gasteiger partial charge in [0.25, 0.3) is 11.5 Å². The zero-order valence-electron chi connectivity index (χ0n) is 18.1. The van der Waals surface area contributed by atoms with Crippen LogP contribution in [0, 0.1) is 0 Å².